The summed E-state index contributed by atoms with van der Waals surface area (Å²) in [5.74, 6) is -2.24. The first kappa shape index (κ1) is 13.6. The van der Waals surface area contributed by atoms with Crippen molar-refractivity contribution in [1.82, 2.24) is 0 Å². The van der Waals surface area contributed by atoms with Gasteiger partial charge < -0.3 is 0 Å². The van der Waals surface area contributed by atoms with Crippen LogP contribution in [-0.4, -0.2) is 16.3 Å². The van der Waals surface area contributed by atoms with E-state index >= 15 is 0 Å². The van der Waals surface area contributed by atoms with Crippen LogP contribution in [0.1, 0.15) is 41.6 Å². The number of thioether (sulfide) groups is 1. The molecule has 0 N–H and O–H groups in total. The Morgan fingerprint density at radius 1 is 1.20 bits per heavy atom. The van der Waals surface area contributed by atoms with Crippen molar-refractivity contribution in [3.05, 3.63) is 34.9 Å². The van der Waals surface area contributed by atoms with Crippen LogP contribution in [0.4, 0.5) is 8.78 Å². The quantitative estimate of drug-likeness (QED) is 0.781. The number of fused-ring (bicyclic) bond motifs is 2. The highest BCUT2D eigenvalue weighted by atomic mass is 32.2. The minimum absolute atomic E-state index is 0.0512. The van der Waals surface area contributed by atoms with E-state index in [2.05, 4.69) is 0 Å². The molecule has 2 nitrogen and oxygen atoms in total. The second-order valence-corrected chi connectivity index (χ2v) is 7.02. The Bertz CT molecular complexity index is 575. The summed E-state index contributed by atoms with van der Waals surface area (Å²) in [7, 11) is 0. The number of ketones is 1. The summed E-state index contributed by atoms with van der Waals surface area (Å²) in [6.45, 7) is 0. The van der Waals surface area contributed by atoms with Crippen molar-refractivity contribution in [3.8, 4) is 6.07 Å². The maximum absolute atomic E-state index is 13.6. The molecule has 2 unspecified atom stereocenters. The Morgan fingerprint density at radius 2 is 1.75 bits per heavy atom. The number of halogens is 2. The van der Waals surface area contributed by atoms with Gasteiger partial charge in [0, 0.05) is 22.0 Å². The van der Waals surface area contributed by atoms with E-state index in [0.29, 0.717) is 10.5 Å². The van der Waals surface area contributed by atoms with Crippen molar-refractivity contribution in [2.45, 2.75) is 36.2 Å². The summed E-state index contributed by atoms with van der Waals surface area (Å²) >= 11 is 1.94. The van der Waals surface area contributed by atoms with Crippen LogP contribution in [0.2, 0.25) is 0 Å². The maximum Gasteiger partial charge on any atom is 0.166 e. The van der Waals surface area contributed by atoms with Gasteiger partial charge in [-0.05, 0) is 37.8 Å². The van der Waals surface area contributed by atoms with E-state index in [1.807, 2.05) is 11.8 Å². The lowest BCUT2D eigenvalue weighted by Gasteiger charge is -2.26. The van der Waals surface area contributed by atoms with Gasteiger partial charge in [-0.2, -0.15) is 17.0 Å². The molecule has 104 valence electrons. The maximum atomic E-state index is 13.6. The zero-order valence-electron chi connectivity index (χ0n) is 10.7. The molecule has 2 aliphatic rings. The largest absolute Gasteiger partial charge is 0.294 e. The van der Waals surface area contributed by atoms with Crippen molar-refractivity contribution < 1.29 is 13.6 Å². The first-order valence-corrected chi connectivity index (χ1v) is 7.61. The van der Waals surface area contributed by atoms with Crippen molar-refractivity contribution >= 4 is 17.5 Å². The third-order valence-corrected chi connectivity index (χ3v) is 5.73. The van der Waals surface area contributed by atoms with E-state index in [4.69, 9.17) is 5.26 Å². The summed E-state index contributed by atoms with van der Waals surface area (Å²) in [6, 6.07) is 3.46. The molecular formula is C15H13F2NOS. The first-order valence-electron chi connectivity index (χ1n) is 6.67. The van der Waals surface area contributed by atoms with Crippen LogP contribution < -0.4 is 0 Å². The Balaban J connectivity index is 1.86. The molecule has 0 spiro atoms. The van der Waals surface area contributed by atoms with Crippen LogP contribution in [0.3, 0.4) is 0 Å². The van der Waals surface area contributed by atoms with Crippen LogP contribution in [0.15, 0.2) is 12.1 Å². The molecule has 3 rings (SSSR count). The number of benzene rings is 1. The monoisotopic (exact) mass is 293 g/mol. The van der Waals surface area contributed by atoms with Gasteiger partial charge in [-0.3, -0.25) is 4.79 Å². The van der Waals surface area contributed by atoms with E-state index in [0.717, 1.165) is 37.8 Å². The summed E-state index contributed by atoms with van der Waals surface area (Å²) in [5.41, 5.74) is -0.573. The van der Waals surface area contributed by atoms with Gasteiger partial charge in [0.15, 0.2) is 5.78 Å². The van der Waals surface area contributed by atoms with E-state index in [9.17, 15) is 13.6 Å². The summed E-state index contributed by atoms with van der Waals surface area (Å²) in [5, 5.41) is 9.66. The molecule has 2 bridgehead atoms. The Labute approximate surface area is 120 Å². The third kappa shape index (κ3) is 2.33. The first-order chi connectivity index (χ1) is 9.58. The fourth-order valence-electron chi connectivity index (χ4n) is 3.13. The number of carbonyl (C=O) groups excluding carboxylic acids is 1. The molecule has 2 fully saturated rings. The van der Waals surface area contributed by atoms with Gasteiger partial charge in [0.05, 0.1) is 0 Å². The lowest BCUT2D eigenvalue weighted by molar-refractivity contribution is 0.0906. The number of nitrogens with zero attached hydrogens (tertiary/aromatic N) is 1. The van der Waals surface area contributed by atoms with Crippen molar-refractivity contribution in [1.29, 1.82) is 5.26 Å². The molecule has 0 aromatic heterocycles. The fourth-order valence-corrected chi connectivity index (χ4v) is 4.91. The molecule has 2 atom stereocenters. The van der Waals surface area contributed by atoms with Crippen molar-refractivity contribution in [2.75, 3.05) is 0 Å². The Hall–Kier alpha value is -1.41. The number of hydrogen-bond donors (Lipinski definition) is 0. The van der Waals surface area contributed by atoms with E-state index in [1.165, 1.54) is 6.07 Å². The Morgan fingerprint density at radius 3 is 2.25 bits per heavy atom. The molecule has 1 aromatic rings. The number of Topliss-reactive ketones (excluding diaryl/α,β-unsaturated/α-hetero) is 1. The van der Waals surface area contributed by atoms with Crippen LogP contribution >= 0.6 is 11.8 Å². The average Bonchev–Trinajstić information content (AvgIpc) is 2.76. The lowest BCUT2D eigenvalue weighted by atomic mass is 9.90. The average molecular weight is 293 g/mol. The van der Waals surface area contributed by atoms with Crippen LogP contribution in [0.5, 0.6) is 0 Å². The minimum Gasteiger partial charge on any atom is -0.294 e. The van der Waals surface area contributed by atoms with Gasteiger partial charge in [-0.25, -0.2) is 8.78 Å². The predicted octanol–water partition coefficient (Wildman–Crippen LogP) is 3.69. The molecule has 20 heavy (non-hydrogen) atoms. The molecule has 0 aliphatic carbocycles. The molecular weight excluding hydrogens is 280 g/mol. The predicted molar refractivity (Wildman–Crippen MR) is 72.5 cm³/mol. The second kappa shape index (κ2) is 5.17. The molecule has 0 saturated carbocycles. The van der Waals surface area contributed by atoms with Crippen molar-refractivity contribution in [3.63, 3.8) is 0 Å². The standard InChI is InChI=1S/C15H13F2NOS/c16-13-5-9(6-14(17)12(13)7-18)15(19)8-3-10-1-2-11(4-8)20-10/h5-6,8,10-11H,1-4H2. The van der Waals surface area contributed by atoms with Crippen molar-refractivity contribution in [2.24, 2.45) is 5.92 Å². The van der Waals surface area contributed by atoms with Gasteiger partial charge in [-0.15, -0.1) is 0 Å². The molecule has 1 aromatic carbocycles. The van der Waals surface area contributed by atoms with E-state index < -0.39 is 17.2 Å². The highest BCUT2D eigenvalue weighted by Gasteiger charge is 2.38. The molecule has 2 saturated heterocycles. The minimum atomic E-state index is -0.955. The highest BCUT2D eigenvalue weighted by Crippen LogP contribution is 2.46. The van der Waals surface area contributed by atoms with Gasteiger partial charge in [0.25, 0.3) is 0 Å². The normalized spacial score (nSPS) is 28.1. The van der Waals surface area contributed by atoms with Crippen LogP contribution in [0.25, 0.3) is 0 Å². The zero-order chi connectivity index (χ0) is 14.3. The highest BCUT2D eigenvalue weighted by molar-refractivity contribution is 8.00. The van der Waals surface area contributed by atoms with Gasteiger partial charge >= 0.3 is 0 Å². The molecule has 0 radical (unpaired) electrons. The second-order valence-electron chi connectivity index (χ2n) is 5.42. The lowest BCUT2D eigenvalue weighted by Crippen LogP contribution is -2.25. The number of carbonyl (C=O) groups is 1. The number of nitriles is 1. The van der Waals surface area contributed by atoms with E-state index in [1.54, 1.807) is 0 Å². The summed E-state index contributed by atoms with van der Waals surface area (Å²) in [4.78, 5) is 12.4. The molecule has 0 amide bonds. The van der Waals surface area contributed by atoms with E-state index in [-0.39, 0.29) is 17.3 Å². The van der Waals surface area contributed by atoms with Gasteiger partial charge in [0.2, 0.25) is 0 Å². The van der Waals surface area contributed by atoms with Crippen LogP contribution in [-0.2, 0) is 0 Å². The van der Waals surface area contributed by atoms with Crippen LogP contribution in [0, 0.1) is 28.9 Å². The third-order valence-electron chi connectivity index (χ3n) is 4.10. The van der Waals surface area contributed by atoms with Gasteiger partial charge in [-0.1, -0.05) is 0 Å². The number of hydrogen-bond acceptors (Lipinski definition) is 3. The fraction of sp³-hybridized carbons (Fsp3) is 0.467. The summed E-state index contributed by atoms with van der Waals surface area (Å²) in [6.07, 6.45) is 3.86. The zero-order valence-corrected chi connectivity index (χ0v) is 11.6. The molecule has 5 heteroatoms. The Kier molecular flexibility index (Phi) is 3.51. The smallest absolute Gasteiger partial charge is 0.166 e. The summed E-state index contributed by atoms with van der Waals surface area (Å²) < 4.78 is 27.2. The number of rotatable bonds is 2. The van der Waals surface area contributed by atoms with Gasteiger partial charge in [0.1, 0.15) is 23.3 Å². The SMILES string of the molecule is N#Cc1c(F)cc(C(=O)C2CC3CCC(C2)S3)cc1F. The molecule has 2 aliphatic heterocycles. The topological polar surface area (TPSA) is 40.9 Å². The molecule has 2 heterocycles.